The summed E-state index contributed by atoms with van der Waals surface area (Å²) in [5.74, 6) is -1.21. The molecule has 2 N–H and O–H groups in total. The molecule has 5 nitrogen and oxygen atoms in total. The first kappa shape index (κ1) is 21.4. The first-order valence-corrected chi connectivity index (χ1v) is 9.56. The SMILES string of the molecule is CCCN1CC=C2C(C#N)=C(N)C(C#N)(C#N)[C@H](c3ccc(C(F)(F)F)cc3)[C@H]2C1. The smallest absolute Gasteiger partial charge is 0.399 e. The Morgan fingerprint density at radius 3 is 2.30 bits per heavy atom. The first-order chi connectivity index (χ1) is 14.2. The highest BCUT2D eigenvalue weighted by atomic mass is 19.4. The summed E-state index contributed by atoms with van der Waals surface area (Å²) in [6.45, 7) is 3.90. The number of hydrogen-bond acceptors (Lipinski definition) is 5. The molecule has 0 saturated heterocycles. The van der Waals surface area contributed by atoms with Crippen molar-refractivity contribution in [3.8, 4) is 18.2 Å². The molecule has 1 aliphatic heterocycles. The van der Waals surface area contributed by atoms with E-state index in [9.17, 15) is 29.0 Å². The van der Waals surface area contributed by atoms with E-state index < -0.39 is 29.0 Å². The van der Waals surface area contributed by atoms with Crippen LogP contribution in [0.5, 0.6) is 0 Å². The summed E-state index contributed by atoms with van der Waals surface area (Å²) < 4.78 is 39.1. The highest BCUT2D eigenvalue weighted by Gasteiger charge is 2.54. The van der Waals surface area contributed by atoms with Gasteiger partial charge < -0.3 is 5.73 Å². The van der Waals surface area contributed by atoms with E-state index in [0.717, 1.165) is 25.1 Å². The molecule has 1 aliphatic carbocycles. The molecular weight excluding hydrogens is 391 g/mol. The molecule has 0 amide bonds. The number of alkyl halides is 3. The summed E-state index contributed by atoms with van der Waals surface area (Å²) >= 11 is 0. The molecule has 0 radical (unpaired) electrons. The van der Waals surface area contributed by atoms with E-state index in [1.165, 1.54) is 12.1 Å². The van der Waals surface area contributed by atoms with Gasteiger partial charge >= 0.3 is 6.18 Å². The van der Waals surface area contributed by atoms with Crippen molar-refractivity contribution >= 4 is 0 Å². The number of nitrogens with zero attached hydrogens (tertiary/aromatic N) is 4. The van der Waals surface area contributed by atoms with Crippen molar-refractivity contribution in [2.75, 3.05) is 19.6 Å². The van der Waals surface area contributed by atoms with Crippen LogP contribution in [-0.4, -0.2) is 24.5 Å². The monoisotopic (exact) mass is 411 g/mol. The second-order valence-electron chi connectivity index (χ2n) is 7.56. The third kappa shape index (κ3) is 3.32. The van der Waals surface area contributed by atoms with Gasteiger partial charge in [0.25, 0.3) is 0 Å². The maximum absolute atomic E-state index is 13.0. The quantitative estimate of drug-likeness (QED) is 0.814. The summed E-state index contributed by atoms with van der Waals surface area (Å²) in [6.07, 6.45) is -1.72. The lowest BCUT2D eigenvalue weighted by molar-refractivity contribution is -0.137. The second kappa shape index (κ2) is 7.86. The predicted octanol–water partition coefficient (Wildman–Crippen LogP) is 3.84. The van der Waals surface area contributed by atoms with E-state index in [0.29, 0.717) is 24.2 Å². The summed E-state index contributed by atoms with van der Waals surface area (Å²) in [7, 11) is 0. The zero-order valence-electron chi connectivity index (χ0n) is 16.4. The highest BCUT2D eigenvalue weighted by molar-refractivity contribution is 5.59. The molecule has 0 unspecified atom stereocenters. The van der Waals surface area contributed by atoms with Crippen molar-refractivity contribution in [3.63, 3.8) is 0 Å². The van der Waals surface area contributed by atoms with Crippen molar-refractivity contribution in [1.29, 1.82) is 15.8 Å². The van der Waals surface area contributed by atoms with Gasteiger partial charge in [-0.2, -0.15) is 29.0 Å². The number of allylic oxidation sites excluding steroid dienone is 2. The molecule has 0 spiro atoms. The Hall–Kier alpha value is -3.28. The molecule has 30 heavy (non-hydrogen) atoms. The predicted molar refractivity (Wildman–Crippen MR) is 103 cm³/mol. The lowest BCUT2D eigenvalue weighted by Gasteiger charge is -2.45. The fourth-order valence-electron chi connectivity index (χ4n) is 4.49. The normalized spacial score (nSPS) is 23.6. The third-order valence-electron chi connectivity index (χ3n) is 5.88. The zero-order chi connectivity index (χ0) is 22.1. The van der Waals surface area contributed by atoms with Crippen LogP contribution < -0.4 is 5.73 Å². The Bertz CT molecular complexity index is 1000. The molecule has 154 valence electrons. The average Bonchev–Trinajstić information content (AvgIpc) is 2.73. The van der Waals surface area contributed by atoms with Crippen LogP contribution in [0.4, 0.5) is 13.2 Å². The molecule has 0 aromatic heterocycles. The van der Waals surface area contributed by atoms with E-state index in [1.807, 2.05) is 31.2 Å². The molecule has 8 heteroatoms. The molecule has 0 saturated carbocycles. The maximum Gasteiger partial charge on any atom is 0.416 e. The topological polar surface area (TPSA) is 101 Å². The van der Waals surface area contributed by atoms with E-state index in [4.69, 9.17) is 5.73 Å². The molecule has 2 atom stereocenters. The maximum atomic E-state index is 13.0. The van der Waals surface area contributed by atoms with Crippen molar-refractivity contribution in [1.82, 2.24) is 4.90 Å². The van der Waals surface area contributed by atoms with Gasteiger partial charge in [0.15, 0.2) is 5.41 Å². The number of benzene rings is 1. The van der Waals surface area contributed by atoms with Gasteiger partial charge in [-0.1, -0.05) is 25.1 Å². The number of nitrogens with two attached hydrogens (primary N) is 1. The van der Waals surface area contributed by atoms with Crippen LogP contribution in [0.2, 0.25) is 0 Å². The van der Waals surface area contributed by atoms with Gasteiger partial charge in [-0.05, 0) is 36.2 Å². The summed E-state index contributed by atoms with van der Waals surface area (Å²) in [4.78, 5) is 2.14. The second-order valence-corrected chi connectivity index (χ2v) is 7.56. The standard InChI is InChI=1S/C22H20F3N5/c1-2-8-30-9-7-16-17(10-26)20(29)21(12-27,13-28)19(18(16)11-30)14-3-5-15(6-4-14)22(23,24)25/h3-7,18-19H,2,8-9,11,29H2,1H3/t18-,19+/m0/s1. The van der Waals surface area contributed by atoms with Crippen molar-refractivity contribution in [2.45, 2.75) is 25.4 Å². The minimum atomic E-state index is -4.49. The van der Waals surface area contributed by atoms with Crippen LogP contribution in [0.3, 0.4) is 0 Å². The highest BCUT2D eigenvalue weighted by Crippen LogP contribution is 2.54. The van der Waals surface area contributed by atoms with Gasteiger partial charge in [-0.15, -0.1) is 0 Å². The van der Waals surface area contributed by atoms with Gasteiger partial charge in [-0.3, -0.25) is 4.90 Å². The molecule has 1 heterocycles. The van der Waals surface area contributed by atoms with Crippen LogP contribution in [0.25, 0.3) is 0 Å². The molecule has 0 bridgehead atoms. The number of nitriles is 3. The largest absolute Gasteiger partial charge is 0.416 e. The molecule has 0 fully saturated rings. The van der Waals surface area contributed by atoms with Crippen LogP contribution in [0.15, 0.2) is 47.2 Å². The zero-order valence-corrected chi connectivity index (χ0v) is 16.4. The van der Waals surface area contributed by atoms with Crippen molar-refractivity contribution in [2.24, 2.45) is 17.1 Å². The minimum absolute atomic E-state index is 0.127. The molecule has 2 aliphatic rings. The van der Waals surface area contributed by atoms with Gasteiger partial charge in [0.05, 0.1) is 29.0 Å². The number of rotatable bonds is 3. The fourth-order valence-corrected chi connectivity index (χ4v) is 4.49. The van der Waals surface area contributed by atoms with Gasteiger partial charge in [-0.25, -0.2) is 0 Å². The van der Waals surface area contributed by atoms with Crippen molar-refractivity contribution in [3.05, 3.63) is 58.3 Å². The number of fused-ring (bicyclic) bond motifs is 1. The average molecular weight is 411 g/mol. The molecule has 1 aromatic carbocycles. The van der Waals surface area contributed by atoms with Crippen LogP contribution in [0, 0.1) is 45.3 Å². The van der Waals surface area contributed by atoms with E-state index in [-0.39, 0.29) is 11.3 Å². The lowest BCUT2D eigenvalue weighted by atomic mass is 9.58. The van der Waals surface area contributed by atoms with Gasteiger partial charge in [0, 0.05) is 24.9 Å². The van der Waals surface area contributed by atoms with Crippen molar-refractivity contribution < 1.29 is 13.2 Å². The first-order valence-electron chi connectivity index (χ1n) is 9.56. The van der Waals surface area contributed by atoms with Crippen LogP contribution in [-0.2, 0) is 6.18 Å². The van der Waals surface area contributed by atoms with E-state index in [2.05, 4.69) is 4.90 Å². The van der Waals surface area contributed by atoms with Crippen LogP contribution >= 0.6 is 0 Å². The minimum Gasteiger partial charge on any atom is -0.399 e. The lowest BCUT2D eigenvalue weighted by Crippen LogP contribution is -2.48. The van der Waals surface area contributed by atoms with E-state index in [1.54, 1.807) is 0 Å². The third-order valence-corrected chi connectivity index (χ3v) is 5.88. The van der Waals surface area contributed by atoms with Crippen LogP contribution in [0.1, 0.15) is 30.4 Å². The summed E-state index contributed by atoms with van der Waals surface area (Å²) in [5, 5.41) is 29.7. The van der Waals surface area contributed by atoms with E-state index >= 15 is 0 Å². The fraction of sp³-hybridized carbons (Fsp3) is 0.409. The molecule has 1 aromatic rings. The number of halogens is 3. The molecular formula is C22H20F3N5. The summed E-state index contributed by atoms with van der Waals surface area (Å²) in [5.41, 5.74) is 4.61. The van der Waals surface area contributed by atoms with Gasteiger partial charge in [0.1, 0.15) is 6.07 Å². The van der Waals surface area contributed by atoms with Gasteiger partial charge in [0.2, 0.25) is 0 Å². The Morgan fingerprint density at radius 1 is 1.17 bits per heavy atom. The Kier molecular flexibility index (Phi) is 5.61. The summed E-state index contributed by atoms with van der Waals surface area (Å²) in [6, 6.07) is 10.5. The Morgan fingerprint density at radius 2 is 1.80 bits per heavy atom. The Labute approximate surface area is 173 Å². The molecule has 3 rings (SSSR count). The number of hydrogen-bond donors (Lipinski definition) is 1. The Balaban J connectivity index is 2.22.